The van der Waals surface area contributed by atoms with Gasteiger partial charge in [0.2, 0.25) is 5.91 Å². The van der Waals surface area contributed by atoms with E-state index in [4.69, 9.17) is 14.2 Å². The summed E-state index contributed by atoms with van der Waals surface area (Å²) in [7, 11) is 1.63. The highest BCUT2D eigenvalue weighted by Crippen LogP contribution is 2.23. The first-order chi connectivity index (χ1) is 9.31. The first-order valence-corrected chi connectivity index (χ1v) is 7.04. The van der Waals surface area contributed by atoms with Crippen molar-refractivity contribution in [3.63, 3.8) is 0 Å². The summed E-state index contributed by atoms with van der Waals surface area (Å²) >= 11 is 0. The fraction of sp³-hybridized carbons (Fsp3) is 0.923. The Morgan fingerprint density at radius 1 is 1.37 bits per heavy atom. The van der Waals surface area contributed by atoms with Gasteiger partial charge in [0.25, 0.3) is 0 Å². The molecule has 2 aliphatic heterocycles. The summed E-state index contributed by atoms with van der Waals surface area (Å²) in [5.41, 5.74) is 0. The lowest BCUT2D eigenvalue weighted by Crippen LogP contribution is -2.51. The predicted molar refractivity (Wildman–Crippen MR) is 69.8 cm³/mol. The number of nitrogens with one attached hydrogen (secondary N) is 1. The topological polar surface area (TPSA) is 60.0 Å². The average Bonchev–Trinajstić information content (AvgIpc) is 2.93. The van der Waals surface area contributed by atoms with Crippen LogP contribution in [-0.2, 0) is 19.0 Å². The van der Waals surface area contributed by atoms with Crippen LogP contribution in [0, 0.1) is 0 Å². The Morgan fingerprint density at radius 2 is 2.16 bits per heavy atom. The molecule has 2 saturated heterocycles. The molecule has 2 rings (SSSR count). The highest BCUT2D eigenvalue weighted by atomic mass is 16.7. The molecule has 19 heavy (non-hydrogen) atoms. The molecule has 110 valence electrons. The summed E-state index contributed by atoms with van der Waals surface area (Å²) in [4.78, 5) is 14.0. The van der Waals surface area contributed by atoms with Crippen LogP contribution in [0.25, 0.3) is 0 Å². The molecule has 0 bridgehead atoms. The van der Waals surface area contributed by atoms with E-state index >= 15 is 0 Å². The van der Waals surface area contributed by atoms with Gasteiger partial charge in [-0.25, -0.2) is 0 Å². The molecule has 0 aromatic heterocycles. The summed E-state index contributed by atoms with van der Waals surface area (Å²) in [6.07, 6.45) is 3.19. The minimum absolute atomic E-state index is 0.0435. The quantitative estimate of drug-likeness (QED) is 0.688. The van der Waals surface area contributed by atoms with E-state index in [1.54, 1.807) is 7.11 Å². The monoisotopic (exact) mass is 272 g/mol. The zero-order valence-corrected chi connectivity index (χ0v) is 11.6. The van der Waals surface area contributed by atoms with Gasteiger partial charge in [-0.1, -0.05) is 6.42 Å². The maximum Gasteiger partial charge on any atom is 0.234 e. The smallest absolute Gasteiger partial charge is 0.234 e. The molecule has 6 nitrogen and oxygen atoms in total. The van der Waals surface area contributed by atoms with Crippen molar-refractivity contribution in [3.8, 4) is 0 Å². The van der Waals surface area contributed by atoms with Crippen LogP contribution < -0.4 is 5.32 Å². The van der Waals surface area contributed by atoms with Crippen LogP contribution >= 0.6 is 0 Å². The van der Waals surface area contributed by atoms with E-state index in [1.165, 1.54) is 6.42 Å². The van der Waals surface area contributed by atoms with Gasteiger partial charge in [-0.05, 0) is 19.4 Å². The number of likely N-dealkylation sites (tertiary alicyclic amines) is 1. The van der Waals surface area contributed by atoms with E-state index in [-0.39, 0.29) is 18.2 Å². The van der Waals surface area contributed by atoms with Crippen LogP contribution in [-0.4, -0.2) is 69.7 Å². The van der Waals surface area contributed by atoms with Gasteiger partial charge in [0.15, 0.2) is 6.29 Å². The number of hydrogen-bond acceptors (Lipinski definition) is 5. The number of carbonyl (C=O) groups is 1. The van der Waals surface area contributed by atoms with E-state index in [9.17, 15) is 4.79 Å². The minimum Gasteiger partial charge on any atom is -0.383 e. The number of nitrogens with zero attached hydrogens (tertiary/aromatic N) is 1. The van der Waals surface area contributed by atoms with Gasteiger partial charge >= 0.3 is 0 Å². The molecular formula is C13H24N2O4. The van der Waals surface area contributed by atoms with Crippen molar-refractivity contribution in [1.82, 2.24) is 10.2 Å². The molecule has 1 N–H and O–H groups in total. The number of methoxy groups -OCH3 is 1. The summed E-state index contributed by atoms with van der Waals surface area (Å²) in [5.74, 6) is 0.0435. The molecule has 0 radical (unpaired) electrons. The van der Waals surface area contributed by atoms with Crippen molar-refractivity contribution in [2.24, 2.45) is 0 Å². The molecular weight excluding hydrogens is 248 g/mol. The van der Waals surface area contributed by atoms with E-state index in [1.807, 2.05) is 0 Å². The molecule has 0 spiro atoms. The fourth-order valence-electron chi connectivity index (χ4n) is 2.65. The molecule has 2 fully saturated rings. The average molecular weight is 272 g/mol. The van der Waals surface area contributed by atoms with E-state index in [0.717, 1.165) is 19.4 Å². The lowest BCUT2D eigenvalue weighted by molar-refractivity contribution is -0.131. The van der Waals surface area contributed by atoms with Gasteiger partial charge in [-0.2, -0.15) is 0 Å². The van der Waals surface area contributed by atoms with Crippen molar-refractivity contribution in [1.29, 1.82) is 0 Å². The van der Waals surface area contributed by atoms with Crippen molar-refractivity contribution >= 4 is 5.91 Å². The number of rotatable bonds is 6. The van der Waals surface area contributed by atoms with Crippen LogP contribution in [0.3, 0.4) is 0 Å². The maximum atomic E-state index is 11.9. The largest absolute Gasteiger partial charge is 0.383 e. The van der Waals surface area contributed by atoms with Crippen LogP contribution in [0.4, 0.5) is 0 Å². The Morgan fingerprint density at radius 3 is 2.89 bits per heavy atom. The molecule has 0 aliphatic carbocycles. The summed E-state index contributed by atoms with van der Waals surface area (Å²) in [6.45, 7) is 3.78. The molecule has 1 unspecified atom stereocenters. The Bertz CT molecular complexity index is 282. The SMILES string of the molecule is COCCNC(=O)CN1CCCCC1C1OCCO1. The molecule has 0 aromatic rings. The second kappa shape index (κ2) is 7.79. The normalized spacial score (nSPS) is 25.6. The highest BCUT2D eigenvalue weighted by Gasteiger charge is 2.34. The van der Waals surface area contributed by atoms with Gasteiger partial charge in [-0.15, -0.1) is 0 Å². The van der Waals surface area contributed by atoms with Gasteiger partial charge in [0, 0.05) is 13.7 Å². The van der Waals surface area contributed by atoms with Crippen molar-refractivity contribution < 1.29 is 19.0 Å². The Hall–Kier alpha value is -0.690. The lowest BCUT2D eigenvalue weighted by atomic mass is 10.0. The molecule has 0 saturated carbocycles. The molecule has 6 heteroatoms. The maximum absolute atomic E-state index is 11.9. The summed E-state index contributed by atoms with van der Waals surface area (Å²) in [5, 5.41) is 2.85. The zero-order chi connectivity index (χ0) is 13.5. The van der Waals surface area contributed by atoms with Crippen LogP contribution in [0.1, 0.15) is 19.3 Å². The van der Waals surface area contributed by atoms with E-state index in [0.29, 0.717) is 32.9 Å². The number of hydrogen-bond donors (Lipinski definition) is 1. The third kappa shape index (κ3) is 4.42. The number of carbonyl (C=O) groups excluding carboxylic acids is 1. The second-order valence-corrected chi connectivity index (χ2v) is 4.99. The van der Waals surface area contributed by atoms with Gasteiger partial charge in [0.1, 0.15) is 0 Å². The zero-order valence-electron chi connectivity index (χ0n) is 11.6. The first-order valence-electron chi connectivity index (χ1n) is 7.04. The third-order valence-electron chi connectivity index (χ3n) is 3.60. The Labute approximate surface area is 114 Å². The number of amides is 1. The fourth-order valence-corrected chi connectivity index (χ4v) is 2.65. The van der Waals surface area contributed by atoms with E-state index < -0.39 is 0 Å². The highest BCUT2D eigenvalue weighted by molar-refractivity contribution is 5.78. The second-order valence-electron chi connectivity index (χ2n) is 4.99. The molecule has 2 heterocycles. The Balaban J connectivity index is 1.79. The van der Waals surface area contributed by atoms with Crippen LogP contribution in [0.5, 0.6) is 0 Å². The Kier molecular flexibility index (Phi) is 6.03. The molecule has 1 atom stereocenters. The predicted octanol–water partition coefficient (Wildman–Crippen LogP) is -0.0236. The van der Waals surface area contributed by atoms with Gasteiger partial charge < -0.3 is 19.5 Å². The third-order valence-corrected chi connectivity index (χ3v) is 3.60. The lowest BCUT2D eigenvalue weighted by Gasteiger charge is -2.37. The van der Waals surface area contributed by atoms with Crippen LogP contribution in [0.2, 0.25) is 0 Å². The summed E-state index contributed by atoms with van der Waals surface area (Å²) < 4.78 is 16.1. The minimum atomic E-state index is -0.160. The van der Waals surface area contributed by atoms with Crippen molar-refractivity contribution in [3.05, 3.63) is 0 Å². The molecule has 2 aliphatic rings. The van der Waals surface area contributed by atoms with Crippen molar-refractivity contribution in [2.45, 2.75) is 31.6 Å². The number of piperidine rings is 1. The molecule has 1 amide bonds. The molecule has 0 aromatic carbocycles. The standard InChI is InChI=1S/C13H24N2O4/c1-17-7-5-14-12(16)10-15-6-3-2-4-11(15)13-18-8-9-19-13/h11,13H,2-10H2,1H3,(H,14,16). The van der Waals surface area contributed by atoms with Crippen molar-refractivity contribution in [2.75, 3.05) is 46.6 Å². The summed E-state index contributed by atoms with van der Waals surface area (Å²) in [6, 6.07) is 0.212. The van der Waals surface area contributed by atoms with Crippen LogP contribution in [0.15, 0.2) is 0 Å². The van der Waals surface area contributed by atoms with Gasteiger partial charge in [0.05, 0.1) is 32.4 Å². The number of ether oxygens (including phenoxy) is 3. The van der Waals surface area contributed by atoms with E-state index in [2.05, 4.69) is 10.2 Å². The van der Waals surface area contributed by atoms with Gasteiger partial charge in [-0.3, -0.25) is 9.69 Å². The first kappa shape index (κ1) is 14.7.